The molecule has 0 saturated heterocycles. The minimum atomic E-state index is -0.840. The van der Waals surface area contributed by atoms with Gasteiger partial charge in [-0.05, 0) is 30.5 Å². The molecule has 0 radical (unpaired) electrons. The van der Waals surface area contributed by atoms with E-state index in [1.807, 2.05) is 13.0 Å². The van der Waals surface area contributed by atoms with Gasteiger partial charge in [-0.25, -0.2) is 0 Å². The molecule has 88 valence electrons. The summed E-state index contributed by atoms with van der Waals surface area (Å²) in [6.07, 6.45) is 0.397. The number of phenolic OH excluding ortho intramolecular Hbond substituents is 1. The number of ether oxygens (including phenoxy) is 1. The van der Waals surface area contributed by atoms with Crippen molar-refractivity contribution in [3.05, 3.63) is 23.3 Å². The number of carboxylic acid groups (broad SMARTS) is 1. The van der Waals surface area contributed by atoms with Crippen molar-refractivity contribution in [3.8, 4) is 11.5 Å². The van der Waals surface area contributed by atoms with Crippen molar-refractivity contribution in [3.63, 3.8) is 0 Å². The van der Waals surface area contributed by atoms with Gasteiger partial charge in [-0.2, -0.15) is 0 Å². The standard InChI is InChI=1S/C12H16O4/c1-7-4-9(5-8(2)12(14)15)6-10(13)11(7)16-3/h4,6,8,13H,5H2,1-3H3,(H,14,15). The van der Waals surface area contributed by atoms with Crippen LogP contribution in [-0.2, 0) is 11.2 Å². The van der Waals surface area contributed by atoms with Crippen LogP contribution in [0.2, 0.25) is 0 Å². The lowest BCUT2D eigenvalue weighted by molar-refractivity contribution is -0.141. The van der Waals surface area contributed by atoms with E-state index in [2.05, 4.69) is 0 Å². The van der Waals surface area contributed by atoms with Gasteiger partial charge in [0.1, 0.15) is 0 Å². The van der Waals surface area contributed by atoms with Crippen molar-refractivity contribution in [2.75, 3.05) is 7.11 Å². The molecule has 16 heavy (non-hydrogen) atoms. The summed E-state index contributed by atoms with van der Waals surface area (Å²) in [7, 11) is 1.49. The number of aromatic hydroxyl groups is 1. The fraction of sp³-hybridized carbons (Fsp3) is 0.417. The molecular formula is C12H16O4. The Bertz CT molecular complexity index is 375. The Balaban J connectivity index is 2.96. The molecule has 1 aromatic rings. The van der Waals surface area contributed by atoms with Crippen LogP contribution in [0.25, 0.3) is 0 Å². The molecule has 1 atom stereocenters. The highest BCUT2D eigenvalue weighted by Gasteiger charge is 2.14. The predicted octanol–water partition coefficient (Wildman–Crippen LogP) is 1.97. The molecule has 0 fully saturated rings. The summed E-state index contributed by atoms with van der Waals surface area (Å²) in [6.45, 7) is 3.45. The van der Waals surface area contributed by atoms with E-state index >= 15 is 0 Å². The first-order valence-electron chi connectivity index (χ1n) is 5.05. The van der Waals surface area contributed by atoms with Crippen molar-refractivity contribution < 1.29 is 19.7 Å². The molecule has 1 unspecified atom stereocenters. The smallest absolute Gasteiger partial charge is 0.306 e. The lowest BCUT2D eigenvalue weighted by Gasteiger charge is -2.11. The number of carbonyl (C=O) groups is 1. The van der Waals surface area contributed by atoms with Crippen LogP contribution in [-0.4, -0.2) is 23.3 Å². The number of benzene rings is 1. The van der Waals surface area contributed by atoms with Crippen LogP contribution in [0, 0.1) is 12.8 Å². The van der Waals surface area contributed by atoms with E-state index in [0.717, 1.165) is 11.1 Å². The Kier molecular flexibility index (Phi) is 3.77. The van der Waals surface area contributed by atoms with Gasteiger partial charge in [0.05, 0.1) is 13.0 Å². The molecule has 0 aromatic heterocycles. The minimum absolute atomic E-state index is 0.0510. The van der Waals surface area contributed by atoms with Gasteiger partial charge in [-0.3, -0.25) is 4.79 Å². The van der Waals surface area contributed by atoms with Gasteiger partial charge in [0.15, 0.2) is 11.5 Å². The summed E-state index contributed by atoms with van der Waals surface area (Å²) < 4.78 is 5.02. The summed E-state index contributed by atoms with van der Waals surface area (Å²) >= 11 is 0. The van der Waals surface area contributed by atoms with Crippen LogP contribution < -0.4 is 4.74 Å². The Labute approximate surface area is 94.5 Å². The first-order chi connectivity index (χ1) is 7.45. The zero-order valence-corrected chi connectivity index (χ0v) is 9.65. The molecule has 2 N–H and O–H groups in total. The normalized spacial score (nSPS) is 12.2. The van der Waals surface area contributed by atoms with Gasteiger partial charge in [-0.1, -0.05) is 13.0 Å². The molecule has 0 spiro atoms. The molecule has 1 rings (SSSR count). The lowest BCUT2D eigenvalue weighted by atomic mass is 9.99. The van der Waals surface area contributed by atoms with Crippen molar-refractivity contribution in [1.29, 1.82) is 0 Å². The maximum absolute atomic E-state index is 10.7. The average molecular weight is 224 g/mol. The third kappa shape index (κ3) is 2.66. The van der Waals surface area contributed by atoms with Crippen LogP contribution >= 0.6 is 0 Å². The highest BCUT2D eigenvalue weighted by Crippen LogP contribution is 2.31. The third-order valence-corrected chi connectivity index (χ3v) is 2.48. The Morgan fingerprint density at radius 3 is 2.56 bits per heavy atom. The van der Waals surface area contributed by atoms with E-state index in [-0.39, 0.29) is 5.75 Å². The minimum Gasteiger partial charge on any atom is -0.504 e. The number of aryl methyl sites for hydroxylation is 1. The fourth-order valence-corrected chi connectivity index (χ4v) is 1.65. The summed E-state index contributed by atoms with van der Waals surface area (Å²) in [5.41, 5.74) is 1.60. The van der Waals surface area contributed by atoms with E-state index in [4.69, 9.17) is 9.84 Å². The molecule has 0 amide bonds. The maximum Gasteiger partial charge on any atom is 0.306 e. The van der Waals surface area contributed by atoms with Crippen molar-refractivity contribution in [2.24, 2.45) is 5.92 Å². The highest BCUT2D eigenvalue weighted by molar-refractivity contribution is 5.70. The highest BCUT2D eigenvalue weighted by atomic mass is 16.5. The van der Waals surface area contributed by atoms with Crippen molar-refractivity contribution in [2.45, 2.75) is 20.3 Å². The molecular weight excluding hydrogens is 208 g/mol. The quantitative estimate of drug-likeness (QED) is 0.820. The number of hydrogen-bond acceptors (Lipinski definition) is 3. The van der Waals surface area contributed by atoms with Crippen LogP contribution in [0.3, 0.4) is 0 Å². The molecule has 0 aliphatic carbocycles. The largest absolute Gasteiger partial charge is 0.504 e. The SMILES string of the molecule is COc1c(C)cc(CC(C)C(=O)O)cc1O. The number of aliphatic carboxylic acids is 1. The summed E-state index contributed by atoms with van der Waals surface area (Å²) in [6, 6.07) is 3.38. The second-order valence-corrected chi connectivity index (χ2v) is 3.91. The first-order valence-corrected chi connectivity index (χ1v) is 5.05. The second kappa shape index (κ2) is 4.88. The first kappa shape index (κ1) is 12.4. The molecule has 0 aliphatic heterocycles. The fourth-order valence-electron chi connectivity index (χ4n) is 1.65. The van der Waals surface area contributed by atoms with Gasteiger partial charge < -0.3 is 14.9 Å². The van der Waals surface area contributed by atoms with Crippen LogP contribution in [0.1, 0.15) is 18.1 Å². The van der Waals surface area contributed by atoms with Crippen LogP contribution in [0.15, 0.2) is 12.1 Å². The zero-order valence-electron chi connectivity index (χ0n) is 9.65. The summed E-state index contributed by atoms with van der Waals surface area (Å²) in [5, 5.41) is 18.4. The Morgan fingerprint density at radius 1 is 1.50 bits per heavy atom. The van der Waals surface area contributed by atoms with Gasteiger partial charge in [0.25, 0.3) is 0 Å². The number of carboxylic acids is 1. The summed E-state index contributed by atoms with van der Waals surface area (Å²) in [4.78, 5) is 10.7. The number of methoxy groups -OCH3 is 1. The van der Waals surface area contributed by atoms with E-state index < -0.39 is 11.9 Å². The van der Waals surface area contributed by atoms with Crippen molar-refractivity contribution in [1.82, 2.24) is 0 Å². The van der Waals surface area contributed by atoms with Gasteiger partial charge in [0, 0.05) is 0 Å². The van der Waals surface area contributed by atoms with Gasteiger partial charge >= 0.3 is 5.97 Å². The second-order valence-electron chi connectivity index (χ2n) is 3.91. The molecule has 0 saturated carbocycles. The number of hydrogen-bond donors (Lipinski definition) is 2. The molecule has 0 bridgehead atoms. The van der Waals surface area contributed by atoms with Gasteiger partial charge in [-0.15, -0.1) is 0 Å². The molecule has 0 aliphatic rings. The molecule has 1 aromatic carbocycles. The lowest BCUT2D eigenvalue weighted by Crippen LogP contribution is -2.12. The van der Waals surface area contributed by atoms with Crippen LogP contribution in [0.5, 0.6) is 11.5 Å². The Hall–Kier alpha value is -1.71. The maximum atomic E-state index is 10.7. The summed E-state index contributed by atoms with van der Waals surface area (Å²) in [5.74, 6) is -0.818. The van der Waals surface area contributed by atoms with Crippen LogP contribution in [0.4, 0.5) is 0 Å². The van der Waals surface area contributed by atoms with Gasteiger partial charge in [0.2, 0.25) is 0 Å². The average Bonchev–Trinajstić information content (AvgIpc) is 2.16. The van der Waals surface area contributed by atoms with E-state index in [1.165, 1.54) is 7.11 Å². The van der Waals surface area contributed by atoms with E-state index in [9.17, 15) is 9.90 Å². The molecule has 0 heterocycles. The predicted molar refractivity (Wildman–Crippen MR) is 59.9 cm³/mol. The number of rotatable bonds is 4. The van der Waals surface area contributed by atoms with E-state index in [0.29, 0.717) is 12.2 Å². The van der Waals surface area contributed by atoms with E-state index in [1.54, 1.807) is 13.0 Å². The monoisotopic (exact) mass is 224 g/mol. The zero-order chi connectivity index (χ0) is 12.3. The third-order valence-electron chi connectivity index (χ3n) is 2.48. The molecule has 4 nitrogen and oxygen atoms in total. The number of phenols is 1. The molecule has 4 heteroatoms. The topological polar surface area (TPSA) is 66.8 Å². The van der Waals surface area contributed by atoms with Crippen molar-refractivity contribution >= 4 is 5.97 Å². The Morgan fingerprint density at radius 2 is 2.12 bits per heavy atom.